The van der Waals surface area contributed by atoms with Gasteiger partial charge in [-0.05, 0) is 58.5 Å². The summed E-state index contributed by atoms with van der Waals surface area (Å²) in [4.78, 5) is 12.4. The third-order valence-electron chi connectivity index (χ3n) is 4.37. The summed E-state index contributed by atoms with van der Waals surface area (Å²) in [5.74, 6) is 0.313. The molecule has 1 aromatic carbocycles. The highest BCUT2D eigenvalue weighted by molar-refractivity contribution is 9.10. The standard InChI is InChI=1S/C18H21BrN2O3/c1-11-5-3-4-6-15(11)21-18(23)13(10-20)7-12-8-14(19)17(22)16(9-12)24-2/h7-9,11,15,22H,3-6H2,1-2H3,(H,21,23)/b13-7+/t11-,15+/m1/s1. The van der Waals surface area contributed by atoms with Gasteiger partial charge >= 0.3 is 0 Å². The lowest BCUT2D eigenvalue weighted by Crippen LogP contribution is -2.41. The lowest BCUT2D eigenvalue weighted by atomic mass is 9.86. The van der Waals surface area contributed by atoms with E-state index in [-0.39, 0.29) is 29.0 Å². The maximum atomic E-state index is 12.4. The molecular formula is C18H21BrN2O3. The van der Waals surface area contributed by atoms with Gasteiger partial charge in [-0.15, -0.1) is 0 Å². The Morgan fingerprint density at radius 3 is 2.79 bits per heavy atom. The fourth-order valence-electron chi connectivity index (χ4n) is 2.92. The number of rotatable bonds is 4. The number of nitriles is 1. The lowest BCUT2D eigenvalue weighted by Gasteiger charge is -2.29. The van der Waals surface area contributed by atoms with E-state index in [2.05, 4.69) is 28.2 Å². The molecule has 0 bridgehead atoms. The SMILES string of the molecule is COc1cc(/C=C(\C#N)C(=O)N[C@H]2CCCC[C@H]2C)cc(Br)c1O. The van der Waals surface area contributed by atoms with Gasteiger partial charge in [0.1, 0.15) is 11.6 Å². The molecule has 0 unspecified atom stereocenters. The van der Waals surface area contributed by atoms with Crippen LogP contribution in [-0.4, -0.2) is 24.2 Å². The van der Waals surface area contributed by atoms with E-state index in [9.17, 15) is 15.2 Å². The second-order valence-corrected chi connectivity index (χ2v) is 6.92. The van der Waals surface area contributed by atoms with Crippen LogP contribution in [0, 0.1) is 17.2 Å². The van der Waals surface area contributed by atoms with Crippen LogP contribution in [0.5, 0.6) is 11.5 Å². The van der Waals surface area contributed by atoms with Crippen molar-refractivity contribution in [3.05, 3.63) is 27.7 Å². The highest BCUT2D eigenvalue weighted by Gasteiger charge is 2.24. The molecule has 0 saturated heterocycles. The molecule has 2 atom stereocenters. The first kappa shape index (κ1) is 18.3. The van der Waals surface area contributed by atoms with E-state index >= 15 is 0 Å². The maximum Gasteiger partial charge on any atom is 0.262 e. The van der Waals surface area contributed by atoms with Crippen molar-refractivity contribution in [3.8, 4) is 17.6 Å². The molecule has 0 aliphatic heterocycles. The molecule has 5 nitrogen and oxygen atoms in total. The van der Waals surface area contributed by atoms with Gasteiger partial charge in [-0.2, -0.15) is 5.26 Å². The second kappa shape index (κ2) is 8.20. The number of hydrogen-bond donors (Lipinski definition) is 2. The molecule has 1 aliphatic carbocycles. The summed E-state index contributed by atoms with van der Waals surface area (Å²) in [6.45, 7) is 2.13. The van der Waals surface area contributed by atoms with Crippen LogP contribution in [-0.2, 0) is 4.79 Å². The normalized spacial score (nSPS) is 21.0. The van der Waals surface area contributed by atoms with E-state index in [1.54, 1.807) is 12.1 Å². The van der Waals surface area contributed by atoms with Gasteiger partial charge in [0.15, 0.2) is 11.5 Å². The summed E-state index contributed by atoms with van der Waals surface area (Å²) in [6, 6.07) is 5.28. The molecule has 6 heteroatoms. The van der Waals surface area contributed by atoms with Crippen molar-refractivity contribution >= 4 is 27.9 Å². The highest BCUT2D eigenvalue weighted by atomic mass is 79.9. The predicted molar refractivity (Wildman–Crippen MR) is 95.5 cm³/mol. The molecule has 0 radical (unpaired) electrons. The molecule has 0 spiro atoms. The Bertz CT molecular complexity index is 694. The summed E-state index contributed by atoms with van der Waals surface area (Å²) in [6.07, 6.45) is 5.83. The Labute approximate surface area is 150 Å². The Balaban J connectivity index is 2.21. The van der Waals surface area contributed by atoms with Crippen molar-refractivity contribution in [2.45, 2.75) is 38.6 Å². The summed E-state index contributed by atoms with van der Waals surface area (Å²) < 4.78 is 5.52. The number of halogens is 1. The quantitative estimate of drug-likeness (QED) is 0.603. The number of carbonyl (C=O) groups excluding carboxylic acids is 1. The first-order valence-corrected chi connectivity index (χ1v) is 8.74. The van der Waals surface area contributed by atoms with Gasteiger partial charge in [0.05, 0.1) is 11.6 Å². The fraction of sp³-hybridized carbons (Fsp3) is 0.444. The van der Waals surface area contributed by atoms with Gasteiger partial charge < -0.3 is 15.2 Å². The molecule has 0 heterocycles. The van der Waals surface area contributed by atoms with E-state index in [1.807, 2.05) is 6.07 Å². The second-order valence-electron chi connectivity index (χ2n) is 6.07. The fourth-order valence-corrected chi connectivity index (χ4v) is 3.38. The van der Waals surface area contributed by atoms with Crippen molar-refractivity contribution in [1.82, 2.24) is 5.32 Å². The number of nitrogens with one attached hydrogen (secondary N) is 1. The van der Waals surface area contributed by atoms with Gasteiger partial charge in [0.2, 0.25) is 0 Å². The summed E-state index contributed by atoms with van der Waals surface area (Å²) >= 11 is 3.23. The number of hydrogen-bond acceptors (Lipinski definition) is 4. The molecule has 1 saturated carbocycles. The Hall–Kier alpha value is -2.00. The van der Waals surface area contributed by atoms with Crippen LogP contribution in [0.1, 0.15) is 38.2 Å². The topological polar surface area (TPSA) is 82.3 Å². The Morgan fingerprint density at radius 2 is 2.17 bits per heavy atom. The number of methoxy groups -OCH3 is 1. The van der Waals surface area contributed by atoms with Crippen molar-refractivity contribution in [2.24, 2.45) is 5.92 Å². The zero-order valence-corrected chi connectivity index (χ0v) is 15.4. The Kier molecular flexibility index (Phi) is 6.27. The molecule has 1 fully saturated rings. The molecule has 128 valence electrons. The van der Waals surface area contributed by atoms with Gasteiger partial charge in [-0.3, -0.25) is 4.79 Å². The molecule has 24 heavy (non-hydrogen) atoms. The minimum absolute atomic E-state index is 0.0198. The van der Waals surface area contributed by atoms with Crippen LogP contribution in [0.25, 0.3) is 6.08 Å². The zero-order chi connectivity index (χ0) is 17.7. The van der Waals surface area contributed by atoms with E-state index in [0.717, 1.165) is 19.3 Å². The number of amides is 1. The summed E-state index contributed by atoms with van der Waals surface area (Å²) in [7, 11) is 1.44. The number of phenolic OH excluding ortho intramolecular Hbond substituents is 1. The number of phenols is 1. The average molecular weight is 393 g/mol. The smallest absolute Gasteiger partial charge is 0.262 e. The monoisotopic (exact) mass is 392 g/mol. The maximum absolute atomic E-state index is 12.4. The molecular weight excluding hydrogens is 372 g/mol. The van der Waals surface area contributed by atoms with E-state index in [1.165, 1.54) is 19.6 Å². The van der Waals surface area contributed by atoms with Crippen molar-refractivity contribution in [3.63, 3.8) is 0 Å². The van der Waals surface area contributed by atoms with Crippen LogP contribution >= 0.6 is 15.9 Å². The number of carbonyl (C=O) groups is 1. The van der Waals surface area contributed by atoms with Crippen LogP contribution in [0.15, 0.2) is 22.2 Å². The van der Waals surface area contributed by atoms with E-state index in [0.29, 0.717) is 16.0 Å². The minimum atomic E-state index is -0.362. The van der Waals surface area contributed by atoms with Gasteiger partial charge in [0, 0.05) is 6.04 Å². The lowest BCUT2D eigenvalue weighted by molar-refractivity contribution is -0.118. The molecule has 0 aromatic heterocycles. The number of nitrogens with zero attached hydrogens (tertiary/aromatic N) is 1. The molecule has 2 rings (SSSR count). The van der Waals surface area contributed by atoms with Crippen LogP contribution in [0.3, 0.4) is 0 Å². The third-order valence-corrected chi connectivity index (χ3v) is 4.98. The first-order valence-electron chi connectivity index (χ1n) is 7.95. The van der Waals surface area contributed by atoms with Crippen molar-refractivity contribution < 1.29 is 14.6 Å². The van der Waals surface area contributed by atoms with Gasteiger partial charge in [0.25, 0.3) is 5.91 Å². The highest BCUT2D eigenvalue weighted by Crippen LogP contribution is 2.35. The van der Waals surface area contributed by atoms with Crippen molar-refractivity contribution in [2.75, 3.05) is 7.11 Å². The summed E-state index contributed by atoms with van der Waals surface area (Å²) in [5, 5.41) is 22.1. The predicted octanol–water partition coefficient (Wildman–Crippen LogP) is 3.77. The van der Waals surface area contributed by atoms with E-state index < -0.39 is 0 Å². The molecule has 1 aromatic rings. The van der Waals surface area contributed by atoms with Crippen molar-refractivity contribution in [1.29, 1.82) is 5.26 Å². The minimum Gasteiger partial charge on any atom is -0.503 e. The number of benzene rings is 1. The first-order chi connectivity index (χ1) is 11.5. The largest absolute Gasteiger partial charge is 0.503 e. The van der Waals surface area contributed by atoms with E-state index in [4.69, 9.17) is 4.74 Å². The Morgan fingerprint density at radius 1 is 1.46 bits per heavy atom. The number of aromatic hydroxyl groups is 1. The average Bonchev–Trinajstić information content (AvgIpc) is 2.57. The zero-order valence-electron chi connectivity index (χ0n) is 13.8. The van der Waals surface area contributed by atoms with Gasteiger partial charge in [-0.25, -0.2) is 0 Å². The van der Waals surface area contributed by atoms with Crippen LogP contribution in [0.2, 0.25) is 0 Å². The molecule has 2 N–H and O–H groups in total. The third kappa shape index (κ3) is 4.30. The number of ether oxygens (including phenoxy) is 1. The van der Waals surface area contributed by atoms with Crippen LogP contribution in [0.4, 0.5) is 0 Å². The van der Waals surface area contributed by atoms with Crippen LogP contribution < -0.4 is 10.1 Å². The molecule has 1 amide bonds. The van der Waals surface area contributed by atoms with Gasteiger partial charge in [-0.1, -0.05) is 19.8 Å². The molecule has 1 aliphatic rings. The summed E-state index contributed by atoms with van der Waals surface area (Å²) in [5.41, 5.74) is 0.632.